The monoisotopic (exact) mass is 323 g/mol. The Morgan fingerprint density at radius 2 is 1.85 bits per heavy atom. The molecule has 1 aromatic heterocycles. The Hall–Kier alpha value is -1.27. The fraction of sp³-hybridized carbons (Fsp3) is 0.444. The first-order valence-corrected chi connectivity index (χ1v) is 8.99. The highest BCUT2D eigenvalue weighted by atomic mass is 32.2. The van der Waals surface area contributed by atoms with Crippen LogP contribution in [-0.4, -0.2) is 41.2 Å². The number of hydrogen-bond donors (Lipinski definition) is 4. The Morgan fingerprint density at radius 1 is 1.20 bits per heavy atom. The molecule has 0 saturated heterocycles. The average molecular weight is 323 g/mol. The Balaban J connectivity index is 2.58. The van der Waals surface area contributed by atoms with Crippen molar-refractivity contribution < 1.29 is 16.8 Å². The largest absolute Gasteiger partial charge is 0.307 e. The Morgan fingerprint density at radius 3 is 2.45 bits per heavy atom. The molecule has 0 aromatic carbocycles. The van der Waals surface area contributed by atoms with E-state index in [1.165, 1.54) is 18.3 Å². The molecule has 0 fully saturated rings. The molecule has 0 radical (unpaired) electrons. The average Bonchev–Trinajstić information content (AvgIpc) is 2.36. The van der Waals surface area contributed by atoms with Crippen LogP contribution in [0.5, 0.6) is 0 Å². The Kier molecular flexibility index (Phi) is 5.83. The highest BCUT2D eigenvalue weighted by Crippen LogP contribution is 2.16. The topological polar surface area (TPSA) is 143 Å². The predicted molar refractivity (Wildman–Crippen MR) is 74.7 cm³/mol. The molecule has 114 valence electrons. The van der Waals surface area contributed by atoms with Gasteiger partial charge in [0.05, 0.1) is 6.26 Å². The molecule has 0 unspecified atom stereocenters. The number of nitrogens with one attached hydrogen (secondary N) is 3. The summed E-state index contributed by atoms with van der Waals surface area (Å²) in [6, 6.07) is 2.83. The van der Waals surface area contributed by atoms with Crippen LogP contribution in [0.25, 0.3) is 0 Å². The first-order chi connectivity index (χ1) is 9.26. The number of pyridine rings is 1. The summed E-state index contributed by atoms with van der Waals surface area (Å²) < 4.78 is 50.2. The van der Waals surface area contributed by atoms with Gasteiger partial charge in [-0.25, -0.2) is 37.1 Å². The van der Waals surface area contributed by atoms with Gasteiger partial charge in [0.1, 0.15) is 4.90 Å². The van der Waals surface area contributed by atoms with Gasteiger partial charge < -0.3 is 5.43 Å². The maximum absolute atomic E-state index is 12.0. The van der Waals surface area contributed by atoms with Gasteiger partial charge in [-0.05, 0) is 18.6 Å². The van der Waals surface area contributed by atoms with Crippen molar-refractivity contribution in [3.8, 4) is 0 Å². The van der Waals surface area contributed by atoms with E-state index < -0.39 is 20.0 Å². The zero-order valence-corrected chi connectivity index (χ0v) is 12.5. The summed E-state index contributed by atoms with van der Waals surface area (Å²) in [7, 11) is -7.02. The SMILES string of the molecule is CS(=O)(=O)NCCCNS(=O)(=O)c1cccnc1NN. The van der Waals surface area contributed by atoms with Crippen LogP contribution in [0.4, 0.5) is 5.82 Å². The molecule has 9 nitrogen and oxygen atoms in total. The second-order valence-electron chi connectivity index (χ2n) is 3.91. The Bertz CT molecular complexity index is 644. The van der Waals surface area contributed by atoms with Crippen molar-refractivity contribution in [1.29, 1.82) is 0 Å². The minimum Gasteiger partial charge on any atom is -0.307 e. The fourth-order valence-electron chi connectivity index (χ4n) is 1.35. The van der Waals surface area contributed by atoms with Gasteiger partial charge in [0, 0.05) is 19.3 Å². The molecule has 1 heterocycles. The summed E-state index contributed by atoms with van der Waals surface area (Å²) in [6.45, 7) is 0.236. The number of hydrazine groups is 1. The first-order valence-electron chi connectivity index (χ1n) is 5.62. The summed E-state index contributed by atoms with van der Waals surface area (Å²) >= 11 is 0. The summed E-state index contributed by atoms with van der Waals surface area (Å²) in [5, 5.41) is 0. The zero-order chi connectivity index (χ0) is 15.2. The second-order valence-corrected chi connectivity index (χ2v) is 7.48. The van der Waals surface area contributed by atoms with E-state index in [4.69, 9.17) is 5.84 Å². The van der Waals surface area contributed by atoms with Gasteiger partial charge in [-0.1, -0.05) is 0 Å². The number of nitrogen functional groups attached to an aromatic ring is 1. The third-order valence-corrected chi connectivity index (χ3v) is 4.43. The van der Waals surface area contributed by atoms with E-state index in [0.717, 1.165) is 6.26 Å². The zero-order valence-electron chi connectivity index (χ0n) is 10.8. The number of sulfonamides is 2. The van der Waals surface area contributed by atoms with E-state index in [9.17, 15) is 16.8 Å². The van der Waals surface area contributed by atoms with Gasteiger partial charge in [-0.15, -0.1) is 0 Å². The molecule has 1 rings (SSSR count). The van der Waals surface area contributed by atoms with Crippen LogP contribution >= 0.6 is 0 Å². The van der Waals surface area contributed by atoms with E-state index in [0.29, 0.717) is 6.42 Å². The van der Waals surface area contributed by atoms with Crippen LogP contribution in [0.2, 0.25) is 0 Å². The van der Waals surface area contributed by atoms with Crippen molar-refractivity contribution in [2.24, 2.45) is 5.84 Å². The third-order valence-electron chi connectivity index (χ3n) is 2.21. The van der Waals surface area contributed by atoms with Crippen molar-refractivity contribution in [2.45, 2.75) is 11.3 Å². The smallest absolute Gasteiger partial charge is 0.244 e. The lowest BCUT2D eigenvalue weighted by atomic mass is 10.4. The van der Waals surface area contributed by atoms with E-state index in [2.05, 4.69) is 19.9 Å². The van der Waals surface area contributed by atoms with Crippen molar-refractivity contribution in [3.63, 3.8) is 0 Å². The molecule has 0 aliphatic carbocycles. The minimum absolute atomic E-state index is 0.0364. The molecule has 0 amide bonds. The molecule has 1 aromatic rings. The molecule has 5 N–H and O–H groups in total. The maximum atomic E-state index is 12.0. The Labute approximate surface area is 118 Å². The van der Waals surface area contributed by atoms with Gasteiger partial charge in [-0.3, -0.25) is 0 Å². The van der Waals surface area contributed by atoms with E-state index in [1.807, 2.05) is 0 Å². The minimum atomic E-state index is -3.75. The summed E-state index contributed by atoms with van der Waals surface area (Å²) in [5.74, 6) is 5.23. The van der Waals surface area contributed by atoms with Crippen molar-refractivity contribution in [3.05, 3.63) is 18.3 Å². The number of nitrogens with zero attached hydrogens (tertiary/aromatic N) is 1. The number of nitrogens with two attached hydrogens (primary N) is 1. The van der Waals surface area contributed by atoms with Crippen LogP contribution < -0.4 is 20.7 Å². The molecule has 11 heteroatoms. The second kappa shape index (κ2) is 6.95. The van der Waals surface area contributed by atoms with Crippen LogP contribution in [0.15, 0.2) is 23.2 Å². The van der Waals surface area contributed by atoms with Crippen LogP contribution in [0.3, 0.4) is 0 Å². The molecule has 0 aliphatic rings. The van der Waals surface area contributed by atoms with E-state index in [1.54, 1.807) is 0 Å². The van der Waals surface area contributed by atoms with Crippen molar-refractivity contribution >= 4 is 25.9 Å². The predicted octanol–water partition coefficient (Wildman–Crippen LogP) is -1.42. The molecule has 0 saturated carbocycles. The van der Waals surface area contributed by atoms with Gasteiger partial charge in [-0.2, -0.15) is 0 Å². The molecule has 0 atom stereocenters. The molecule has 20 heavy (non-hydrogen) atoms. The molecular formula is C9H17N5O4S2. The van der Waals surface area contributed by atoms with E-state index in [-0.39, 0.29) is 23.8 Å². The quantitative estimate of drug-likeness (QED) is 0.261. The molecule has 0 aliphatic heterocycles. The number of aromatic nitrogens is 1. The highest BCUT2D eigenvalue weighted by Gasteiger charge is 2.18. The lowest BCUT2D eigenvalue weighted by Gasteiger charge is -2.09. The molecule has 0 bridgehead atoms. The molecular weight excluding hydrogens is 306 g/mol. The van der Waals surface area contributed by atoms with Gasteiger partial charge in [0.15, 0.2) is 5.82 Å². The standard InChI is InChI=1S/C9H17N5O4S2/c1-19(15,16)12-6-3-7-13-20(17,18)8-4-2-5-11-9(8)14-10/h2,4-5,12-13H,3,6-7,10H2,1H3,(H,11,14). The third kappa shape index (κ3) is 5.38. The van der Waals surface area contributed by atoms with Gasteiger partial charge >= 0.3 is 0 Å². The maximum Gasteiger partial charge on any atom is 0.244 e. The van der Waals surface area contributed by atoms with Crippen LogP contribution in [0.1, 0.15) is 6.42 Å². The number of rotatable bonds is 8. The number of anilines is 1. The van der Waals surface area contributed by atoms with Crippen LogP contribution in [0, 0.1) is 0 Å². The highest BCUT2D eigenvalue weighted by molar-refractivity contribution is 7.89. The summed E-state index contributed by atoms with van der Waals surface area (Å²) in [4.78, 5) is 3.72. The van der Waals surface area contributed by atoms with Crippen molar-refractivity contribution in [1.82, 2.24) is 14.4 Å². The lowest BCUT2D eigenvalue weighted by Crippen LogP contribution is -2.30. The van der Waals surface area contributed by atoms with Gasteiger partial charge in [0.25, 0.3) is 0 Å². The first kappa shape index (κ1) is 16.8. The normalized spacial score (nSPS) is 12.3. The summed E-state index contributed by atoms with van der Waals surface area (Å²) in [5.41, 5.74) is 2.20. The lowest BCUT2D eigenvalue weighted by molar-refractivity contribution is 0.575. The molecule has 0 spiro atoms. The van der Waals surface area contributed by atoms with Gasteiger partial charge in [0.2, 0.25) is 20.0 Å². The van der Waals surface area contributed by atoms with Crippen LogP contribution in [-0.2, 0) is 20.0 Å². The fourth-order valence-corrected chi connectivity index (χ4v) is 3.05. The van der Waals surface area contributed by atoms with E-state index >= 15 is 0 Å². The number of hydrogen-bond acceptors (Lipinski definition) is 7. The van der Waals surface area contributed by atoms with Crippen molar-refractivity contribution in [2.75, 3.05) is 24.8 Å². The summed E-state index contributed by atoms with van der Waals surface area (Å²) in [6.07, 6.45) is 2.76.